The van der Waals surface area contributed by atoms with Crippen molar-refractivity contribution < 1.29 is 9.53 Å². The fourth-order valence-corrected chi connectivity index (χ4v) is 1.68. The molecule has 0 saturated carbocycles. The molecule has 0 radical (unpaired) electrons. The Labute approximate surface area is 104 Å². The van der Waals surface area contributed by atoms with Gasteiger partial charge in [-0.1, -0.05) is 11.6 Å². The molecule has 0 aliphatic heterocycles. The first-order valence-corrected chi connectivity index (χ1v) is 5.70. The summed E-state index contributed by atoms with van der Waals surface area (Å²) >= 11 is 11.9. The second-order valence-corrected chi connectivity index (χ2v) is 4.21. The molecule has 1 unspecified atom stereocenters. The smallest absolute Gasteiger partial charge is 0.324 e. The summed E-state index contributed by atoms with van der Waals surface area (Å²) in [5.41, 5.74) is 6.96. The van der Waals surface area contributed by atoms with Crippen molar-refractivity contribution in [3.8, 4) is 0 Å². The summed E-state index contributed by atoms with van der Waals surface area (Å²) in [6.45, 7) is 2.04. The lowest BCUT2D eigenvalue weighted by Crippen LogP contribution is -2.20. The predicted octanol–water partition coefficient (Wildman–Crippen LogP) is 2.64. The number of benzene rings is 1. The molecule has 1 aromatic rings. The number of ether oxygens (including phenoxy) is 1. The number of carbonyl (C=O) groups excluding carboxylic acids is 1. The van der Waals surface area contributed by atoms with Crippen LogP contribution in [0.5, 0.6) is 0 Å². The van der Waals surface area contributed by atoms with Crippen LogP contribution in [-0.4, -0.2) is 18.0 Å². The molecule has 0 spiro atoms. The van der Waals surface area contributed by atoms with E-state index >= 15 is 0 Å². The van der Waals surface area contributed by atoms with Crippen LogP contribution in [0.15, 0.2) is 18.2 Å². The third-order valence-electron chi connectivity index (χ3n) is 2.01. The van der Waals surface area contributed by atoms with Crippen molar-refractivity contribution in [1.82, 2.24) is 0 Å². The van der Waals surface area contributed by atoms with E-state index in [2.05, 4.69) is 0 Å². The highest BCUT2D eigenvalue weighted by Crippen LogP contribution is 2.22. The quantitative estimate of drug-likeness (QED) is 0.515. The monoisotopic (exact) mass is 261 g/mol. The Kier molecular flexibility index (Phi) is 4.90. The minimum absolute atomic E-state index is 0.310. The lowest BCUT2D eigenvalue weighted by atomic mass is 10.1. The van der Waals surface area contributed by atoms with E-state index < -0.39 is 11.3 Å². The minimum atomic E-state index is -0.737. The number of halogens is 2. The van der Waals surface area contributed by atoms with Gasteiger partial charge < -0.3 is 10.5 Å². The molecule has 3 nitrogen and oxygen atoms in total. The molecule has 5 heteroatoms. The van der Waals surface area contributed by atoms with Gasteiger partial charge in [0.2, 0.25) is 0 Å². The normalized spacial score (nSPS) is 12.2. The van der Waals surface area contributed by atoms with Crippen LogP contribution in [-0.2, 0) is 16.0 Å². The first-order valence-electron chi connectivity index (χ1n) is 4.89. The molecular weight excluding hydrogens is 249 g/mol. The first kappa shape index (κ1) is 13.1. The lowest BCUT2D eigenvalue weighted by Gasteiger charge is -2.10. The maximum atomic E-state index is 11.3. The summed E-state index contributed by atoms with van der Waals surface area (Å²) in [5.74, 6) is -0.442. The zero-order valence-electron chi connectivity index (χ0n) is 8.87. The number of carbonyl (C=O) groups is 1. The molecule has 1 rings (SSSR count). The van der Waals surface area contributed by atoms with Gasteiger partial charge in [0.1, 0.15) is 5.38 Å². The van der Waals surface area contributed by atoms with Gasteiger partial charge in [-0.15, -0.1) is 11.6 Å². The number of hydrogen-bond acceptors (Lipinski definition) is 3. The molecule has 88 valence electrons. The Morgan fingerprint density at radius 1 is 1.56 bits per heavy atom. The van der Waals surface area contributed by atoms with E-state index in [0.29, 0.717) is 23.7 Å². The summed E-state index contributed by atoms with van der Waals surface area (Å²) in [7, 11) is 0. The highest BCUT2D eigenvalue weighted by atomic mass is 35.5. The molecule has 0 saturated heterocycles. The largest absolute Gasteiger partial charge is 0.465 e. The van der Waals surface area contributed by atoms with E-state index in [4.69, 9.17) is 33.7 Å². The summed E-state index contributed by atoms with van der Waals surface area (Å²) in [6, 6.07) is 5.08. The van der Waals surface area contributed by atoms with E-state index in [1.54, 1.807) is 25.1 Å². The summed E-state index contributed by atoms with van der Waals surface area (Å²) in [5, 5.41) is -0.191. The van der Waals surface area contributed by atoms with Gasteiger partial charge in [0.05, 0.1) is 6.61 Å². The van der Waals surface area contributed by atoms with Gasteiger partial charge in [-0.3, -0.25) is 4.79 Å². The molecule has 0 aliphatic rings. The average Bonchev–Trinajstić information content (AvgIpc) is 2.23. The number of esters is 1. The lowest BCUT2D eigenvalue weighted by molar-refractivity contribution is -0.142. The molecule has 0 bridgehead atoms. The van der Waals surface area contributed by atoms with Crippen LogP contribution >= 0.6 is 23.2 Å². The number of nitrogen functional groups attached to an aromatic ring is 1. The first-order chi connectivity index (χ1) is 7.54. The van der Waals surface area contributed by atoms with Crippen molar-refractivity contribution in [2.45, 2.75) is 18.7 Å². The third kappa shape index (κ3) is 3.58. The van der Waals surface area contributed by atoms with E-state index in [1.165, 1.54) is 0 Å². The van der Waals surface area contributed by atoms with E-state index in [9.17, 15) is 4.79 Å². The van der Waals surface area contributed by atoms with Crippen molar-refractivity contribution in [1.29, 1.82) is 0 Å². The van der Waals surface area contributed by atoms with Crippen LogP contribution in [0.4, 0.5) is 5.69 Å². The van der Waals surface area contributed by atoms with E-state index in [1.807, 2.05) is 0 Å². The second kappa shape index (κ2) is 5.97. The Hall–Kier alpha value is -0.930. The Morgan fingerprint density at radius 2 is 2.25 bits per heavy atom. The number of rotatable bonds is 4. The van der Waals surface area contributed by atoms with Crippen LogP contribution in [0.25, 0.3) is 0 Å². The minimum Gasteiger partial charge on any atom is -0.465 e. The molecule has 0 amide bonds. The maximum absolute atomic E-state index is 11.3. The van der Waals surface area contributed by atoms with Crippen molar-refractivity contribution >= 4 is 34.9 Å². The molecule has 0 aromatic heterocycles. The Bertz CT molecular complexity index is 382. The Morgan fingerprint density at radius 3 is 2.88 bits per heavy atom. The van der Waals surface area contributed by atoms with Gasteiger partial charge in [0, 0.05) is 17.1 Å². The van der Waals surface area contributed by atoms with E-state index in [0.717, 1.165) is 5.56 Å². The van der Waals surface area contributed by atoms with Crippen molar-refractivity contribution in [2.75, 3.05) is 12.3 Å². The van der Waals surface area contributed by atoms with E-state index in [-0.39, 0.29) is 0 Å². The summed E-state index contributed by atoms with van der Waals surface area (Å²) < 4.78 is 4.80. The molecule has 16 heavy (non-hydrogen) atoms. The summed E-state index contributed by atoms with van der Waals surface area (Å²) in [4.78, 5) is 11.3. The fourth-order valence-electron chi connectivity index (χ4n) is 1.26. The molecule has 0 heterocycles. The number of alkyl halides is 1. The predicted molar refractivity (Wildman–Crippen MR) is 65.8 cm³/mol. The van der Waals surface area contributed by atoms with Crippen LogP contribution in [0.1, 0.15) is 12.5 Å². The number of hydrogen-bond donors (Lipinski definition) is 1. The fraction of sp³-hybridized carbons (Fsp3) is 0.364. The average molecular weight is 262 g/mol. The summed E-state index contributed by atoms with van der Waals surface area (Å²) in [6.07, 6.45) is 0.310. The van der Waals surface area contributed by atoms with Gasteiger partial charge in [0.15, 0.2) is 0 Å². The van der Waals surface area contributed by atoms with Crippen molar-refractivity contribution in [3.05, 3.63) is 28.8 Å². The molecule has 2 N–H and O–H groups in total. The number of anilines is 1. The van der Waals surface area contributed by atoms with Crippen LogP contribution in [0, 0.1) is 0 Å². The second-order valence-electron chi connectivity index (χ2n) is 3.27. The number of nitrogens with two attached hydrogens (primary N) is 1. The SMILES string of the molecule is CCOC(=O)C(Cl)Cc1cc(N)ccc1Cl. The molecule has 0 fully saturated rings. The van der Waals surface area contributed by atoms with Crippen LogP contribution in [0.3, 0.4) is 0 Å². The highest BCUT2D eigenvalue weighted by Gasteiger charge is 2.18. The van der Waals surface area contributed by atoms with Gasteiger partial charge >= 0.3 is 5.97 Å². The zero-order valence-corrected chi connectivity index (χ0v) is 10.4. The molecule has 1 atom stereocenters. The topological polar surface area (TPSA) is 52.3 Å². The molecular formula is C11H13Cl2NO2. The van der Waals surface area contributed by atoms with Crippen molar-refractivity contribution in [3.63, 3.8) is 0 Å². The van der Waals surface area contributed by atoms with Crippen molar-refractivity contribution in [2.24, 2.45) is 0 Å². The van der Waals surface area contributed by atoms with Crippen LogP contribution < -0.4 is 5.73 Å². The Balaban J connectivity index is 2.72. The van der Waals surface area contributed by atoms with Gasteiger partial charge in [-0.2, -0.15) is 0 Å². The standard InChI is InChI=1S/C11H13Cl2NO2/c1-2-16-11(15)10(13)6-7-5-8(14)3-4-9(7)12/h3-5,10H,2,6,14H2,1H3. The van der Waals surface area contributed by atoms with Gasteiger partial charge in [-0.25, -0.2) is 0 Å². The maximum Gasteiger partial charge on any atom is 0.324 e. The third-order valence-corrected chi connectivity index (χ3v) is 2.71. The molecule has 0 aliphatic carbocycles. The van der Waals surface area contributed by atoms with Gasteiger partial charge in [0.25, 0.3) is 0 Å². The molecule has 1 aromatic carbocycles. The van der Waals surface area contributed by atoms with Crippen LogP contribution in [0.2, 0.25) is 5.02 Å². The highest BCUT2D eigenvalue weighted by molar-refractivity contribution is 6.32. The van der Waals surface area contributed by atoms with Gasteiger partial charge in [-0.05, 0) is 30.7 Å². The zero-order chi connectivity index (χ0) is 12.1.